The minimum Gasteiger partial charge on any atom is -0.450 e. The van der Waals surface area contributed by atoms with Gasteiger partial charge in [0.05, 0.1) is 25.9 Å². The van der Waals surface area contributed by atoms with Crippen molar-refractivity contribution in [1.82, 2.24) is 0 Å². The molecule has 0 bridgehead atoms. The largest absolute Gasteiger partial charge is 0.450 e. The Bertz CT molecular complexity index is 1060. The van der Waals surface area contributed by atoms with Crippen molar-refractivity contribution in [3.63, 3.8) is 0 Å². The summed E-state index contributed by atoms with van der Waals surface area (Å²) in [6, 6.07) is -0.927. The summed E-state index contributed by atoms with van der Waals surface area (Å²) in [7, 11) is 0. The number of aliphatic imine (C=N–C) groups is 1. The highest BCUT2D eigenvalue weighted by Gasteiger charge is 2.54. The Balaban J connectivity index is 1.29. The Morgan fingerprint density at radius 3 is 1.70 bits per heavy atom. The summed E-state index contributed by atoms with van der Waals surface area (Å²) >= 11 is 0. The first kappa shape index (κ1) is 37.0. The molecule has 12 unspecified atom stereocenters. The lowest BCUT2D eigenvalue weighted by molar-refractivity contribution is -0.375. The second-order valence-electron chi connectivity index (χ2n) is 12.2. The van der Waals surface area contributed by atoms with E-state index in [1.54, 1.807) is 13.8 Å². The van der Waals surface area contributed by atoms with Crippen LogP contribution >= 0.6 is 0 Å². The fourth-order valence-corrected chi connectivity index (χ4v) is 6.23. The van der Waals surface area contributed by atoms with Crippen LogP contribution in [0.4, 0.5) is 0 Å². The van der Waals surface area contributed by atoms with Gasteiger partial charge < -0.3 is 94.1 Å². The van der Waals surface area contributed by atoms with E-state index < -0.39 is 143 Å². The van der Waals surface area contributed by atoms with E-state index in [0.29, 0.717) is 0 Å². The molecule has 5 aliphatic rings. The molecular formula is C27H45NO19. The number of fused-ring (bicyclic) bond motifs is 1. The van der Waals surface area contributed by atoms with Crippen molar-refractivity contribution in [1.29, 1.82) is 0 Å². The van der Waals surface area contributed by atoms with Crippen molar-refractivity contribution < 1.29 is 94.1 Å². The van der Waals surface area contributed by atoms with E-state index >= 15 is 0 Å². The van der Waals surface area contributed by atoms with Crippen molar-refractivity contribution in [2.24, 2.45) is 4.99 Å². The van der Waals surface area contributed by atoms with Crippen LogP contribution in [0.15, 0.2) is 4.99 Å². The third-order valence-corrected chi connectivity index (χ3v) is 9.01. The summed E-state index contributed by atoms with van der Waals surface area (Å²) in [4.78, 5) is 4.15. The second-order valence-corrected chi connectivity index (χ2v) is 12.2. The highest BCUT2D eigenvalue weighted by atomic mass is 16.8. The van der Waals surface area contributed by atoms with Gasteiger partial charge in [0.1, 0.15) is 91.5 Å². The van der Waals surface area contributed by atoms with E-state index in [4.69, 9.17) is 37.9 Å². The van der Waals surface area contributed by atoms with Gasteiger partial charge in [-0.3, -0.25) is 0 Å². The van der Waals surface area contributed by atoms with Crippen LogP contribution in [0.25, 0.3) is 0 Å². The number of rotatable bonds is 10. The van der Waals surface area contributed by atoms with Crippen LogP contribution in [0.2, 0.25) is 0 Å². The maximum absolute atomic E-state index is 10.9. The zero-order chi connectivity index (χ0) is 34.3. The Kier molecular flexibility index (Phi) is 12.1. The molecule has 5 aliphatic heterocycles. The molecule has 0 aromatic carbocycles. The van der Waals surface area contributed by atoms with Crippen molar-refractivity contribution in [2.45, 2.75) is 143 Å². The second kappa shape index (κ2) is 15.3. The molecule has 5 rings (SSSR count). The van der Waals surface area contributed by atoms with Crippen molar-refractivity contribution in [3.05, 3.63) is 0 Å². The lowest BCUT2D eigenvalue weighted by Crippen LogP contribution is -2.65. The number of aliphatic hydroxyl groups is 11. The number of nitrogens with zero attached hydrogens (tertiary/aromatic N) is 1. The smallest absolute Gasteiger partial charge is 0.227 e. The molecule has 20 heteroatoms. The molecule has 11 N–H and O–H groups in total. The molecule has 4 fully saturated rings. The summed E-state index contributed by atoms with van der Waals surface area (Å²) in [5, 5.41) is 115. The Morgan fingerprint density at radius 1 is 0.574 bits per heavy atom. The molecule has 0 aliphatic carbocycles. The van der Waals surface area contributed by atoms with Crippen molar-refractivity contribution >= 4 is 5.90 Å². The minimum absolute atomic E-state index is 0.211. The number of ether oxygens (including phenoxy) is 8. The average Bonchev–Trinajstić information content (AvgIpc) is 3.44. The molecule has 272 valence electrons. The molecule has 20 atom stereocenters. The number of hydrogen-bond donors (Lipinski definition) is 11. The topological polar surface area (TPSA) is 309 Å². The fraction of sp³-hybridized carbons (Fsp3) is 0.963. The molecule has 4 saturated heterocycles. The van der Waals surface area contributed by atoms with Gasteiger partial charge in [-0.05, 0) is 6.42 Å². The van der Waals surface area contributed by atoms with Crippen LogP contribution in [0.5, 0.6) is 0 Å². The normalized spacial score (nSPS) is 52.1. The summed E-state index contributed by atoms with van der Waals surface area (Å²) in [5.74, 6) is 0.234. The van der Waals surface area contributed by atoms with Gasteiger partial charge in [0, 0.05) is 6.92 Å². The lowest BCUT2D eigenvalue weighted by atomic mass is 9.96. The minimum atomic E-state index is -1.87. The van der Waals surface area contributed by atoms with E-state index in [1.165, 1.54) is 0 Å². The summed E-state index contributed by atoms with van der Waals surface area (Å²) in [6.07, 6.45) is -29.2. The zero-order valence-corrected chi connectivity index (χ0v) is 25.5. The summed E-state index contributed by atoms with van der Waals surface area (Å²) in [6.45, 7) is 1.13. The van der Waals surface area contributed by atoms with E-state index in [1.807, 2.05) is 0 Å². The van der Waals surface area contributed by atoms with Gasteiger partial charge in [-0.1, -0.05) is 6.92 Å². The molecule has 0 aromatic rings. The Morgan fingerprint density at radius 2 is 1.11 bits per heavy atom. The maximum atomic E-state index is 10.9. The first-order valence-corrected chi connectivity index (χ1v) is 15.4. The molecule has 0 amide bonds. The maximum Gasteiger partial charge on any atom is 0.227 e. The van der Waals surface area contributed by atoms with Crippen LogP contribution < -0.4 is 0 Å². The Labute approximate surface area is 268 Å². The van der Waals surface area contributed by atoms with E-state index in [-0.39, 0.29) is 12.3 Å². The van der Waals surface area contributed by atoms with E-state index in [2.05, 4.69) is 4.99 Å². The zero-order valence-electron chi connectivity index (χ0n) is 25.5. The number of aliphatic hydroxyl groups excluding tert-OH is 11. The molecule has 5 heterocycles. The van der Waals surface area contributed by atoms with Gasteiger partial charge >= 0.3 is 0 Å². The quantitative estimate of drug-likeness (QED) is 0.102. The fourth-order valence-electron chi connectivity index (χ4n) is 6.23. The van der Waals surface area contributed by atoms with Crippen LogP contribution in [0.3, 0.4) is 0 Å². The van der Waals surface area contributed by atoms with Gasteiger partial charge in [-0.15, -0.1) is 0 Å². The van der Waals surface area contributed by atoms with E-state index in [0.717, 1.165) is 0 Å². The molecular weight excluding hydrogens is 642 g/mol. The van der Waals surface area contributed by atoms with Gasteiger partial charge in [0.2, 0.25) is 6.29 Å². The third kappa shape index (κ3) is 7.31. The first-order valence-electron chi connectivity index (χ1n) is 15.4. The highest BCUT2D eigenvalue weighted by Crippen LogP contribution is 2.34. The van der Waals surface area contributed by atoms with Gasteiger partial charge in [0.15, 0.2) is 24.8 Å². The predicted molar refractivity (Wildman–Crippen MR) is 147 cm³/mol. The third-order valence-electron chi connectivity index (χ3n) is 9.01. The SMILES string of the molecule is CCC1O[C@H](OC2C(O)[C@H](O)C(CO)O[C@@H]2OCC2O[C@@H](O[C@@H]3C(CO)O[C@@H]4OC(C)=NC4C3O)C(O)C(O)[C@@H]2O)C(O)C(O)[C@@H]1O. The van der Waals surface area contributed by atoms with Crippen LogP contribution in [-0.2, 0) is 37.9 Å². The van der Waals surface area contributed by atoms with Gasteiger partial charge in [0.25, 0.3) is 0 Å². The molecule has 0 saturated carbocycles. The number of hydrogen-bond acceptors (Lipinski definition) is 20. The summed E-state index contributed by atoms with van der Waals surface area (Å²) in [5.41, 5.74) is 0. The molecule has 0 aromatic heterocycles. The Hall–Kier alpha value is -1.25. The summed E-state index contributed by atoms with van der Waals surface area (Å²) < 4.78 is 45.1. The predicted octanol–water partition coefficient (Wildman–Crippen LogP) is -6.87. The van der Waals surface area contributed by atoms with E-state index in [9.17, 15) is 56.2 Å². The van der Waals surface area contributed by atoms with Crippen LogP contribution in [-0.4, -0.2) is 205 Å². The van der Waals surface area contributed by atoms with Gasteiger partial charge in [-0.25, -0.2) is 4.99 Å². The molecule has 0 radical (unpaired) electrons. The van der Waals surface area contributed by atoms with Crippen LogP contribution in [0, 0.1) is 0 Å². The average molecular weight is 688 g/mol. The highest BCUT2D eigenvalue weighted by molar-refractivity contribution is 5.75. The van der Waals surface area contributed by atoms with Crippen molar-refractivity contribution in [2.75, 3.05) is 19.8 Å². The van der Waals surface area contributed by atoms with Gasteiger partial charge in [-0.2, -0.15) is 0 Å². The molecule has 20 nitrogen and oxygen atoms in total. The molecule has 47 heavy (non-hydrogen) atoms. The van der Waals surface area contributed by atoms with Crippen molar-refractivity contribution in [3.8, 4) is 0 Å². The first-order chi connectivity index (χ1) is 22.3. The van der Waals surface area contributed by atoms with Crippen LogP contribution in [0.1, 0.15) is 20.3 Å². The lowest BCUT2D eigenvalue weighted by Gasteiger charge is -2.47. The molecule has 0 spiro atoms. The standard InChI is InChI=1S/C27H45NO19/c1-3-8-13(31)17(35)20(38)25(42-8)47-23-19(37)14(32)9(4-29)43-27(23)40-6-11-15(33)18(36)21(39)26(45-11)46-22-10(5-30)44-24-12(16(22)34)28-7(2)41-24/h8-27,29-39H,3-6H2,1-2H3/t8?,9?,10?,11?,12?,13-,14-,15-,16?,17?,18?,19?,20?,21?,22-,23?,24+,25-,26+,27+/m1/s1. The monoisotopic (exact) mass is 687 g/mol.